The molecule has 212 valence electrons. The number of esters is 1. The van der Waals surface area contributed by atoms with Crippen LogP contribution in [0.2, 0.25) is 0 Å². The van der Waals surface area contributed by atoms with Gasteiger partial charge >= 0.3 is 5.97 Å². The van der Waals surface area contributed by atoms with Gasteiger partial charge in [0.05, 0.1) is 41.8 Å². The summed E-state index contributed by atoms with van der Waals surface area (Å²) in [5.41, 5.74) is 4.26. The number of fused-ring (bicyclic) bond motifs is 5. The lowest BCUT2D eigenvalue weighted by Crippen LogP contribution is -2.44. The van der Waals surface area contributed by atoms with Crippen LogP contribution in [0.4, 0.5) is 10.1 Å². The van der Waals surface area contributed by atoms with Crippen molar-refractivity contribution in [1.29, 1.82) is 0 Å². The van der Waals surface area contributed by atoms with Crippen LogP contribution in [0.1, 0.15) is 41.2 Å². The van der Waals surface area contributed by atoms with Crippen molar-refractivity contribution in [2.45, 2.75) is 45.6 Å². The molecule has 0 spiro atoms. The minimum absolute atomic E-state index is 0.0434. The molecule has 0 aliphatic carbocycles. The molecule has 0 unspecified atom stereocenters. The SMILES string of the molecule is CC[C@@]1(O)C(=O)OCc2c1cc1n(c2=O)Cc2c-1nc1cc(F)c(C)cc1c2Cn1cc(-c2ccc(NC)cc2)nn1. The molecule has 2 aliphatic heterocycles. The van der Waals surface area contributed by atoms with Crippen molar-refractivity contribution in [2.24, 2.45) is 0 Å². The van der Waals surface area contributed by atoms with Gasteiger partial charge in [0.2, 0.25) is 0 Å². The summed E-state index contributed by atoms with van der Waals surface area (Å²) in [6, 6.07) is 12.7. The molecule has 11 heteroatoms. The fraction of sp³-hybridized carbons (Fsp3) is 0.258. The lowest BCUT2D eigenvalue weighted by atomic mass is 9.86. The van der Waals surface area contributed by atoms with E-state index in [4.69, 9.17) is 9.72 Å². The quantitative estimate of drug-likeness (QED) is 0.302. The molecular weight excluding hydrogens is 539 g/mol. The van der Waals surface area contributed by atoms with Crippen LogP contribution in [0, 0.1) is 12.7 Å². The number of aryl methyl sites for hydroxylation is 1. The van der Waals surface area contributed by atoms with Crippen molar-refractivity contribution in [3.8, 4) is 22.6 Å². The minimum atomic E-state index is -1.93. The predicted molar refractivity (Wildman–Crippen MR) is 153 cm³/mol. The number of anilines is 1. The number of nitrogens with one attached hydrogen (secondary N) is 1. The van der Waals surface area contributed by atoms with Crippen LogP contribution >= 0.6 is 0 Å². The molecule has 2 aromatic carbocycles. The van der Waals surface area contributed by atoms with E-state index < -0.39 is 17.4 Å². The van der Waals surface area contributed by atoms with E-state index in [1.807, 2.05) is 37.5 Å². The molecule has 1 atom stereocenters. The summed E-state index contributed by atoms with van der Waals surface area (Å²) in [7, 11) is 1.86. The molecule has 0 bridgehead atoms. The number of rotatable bonds is 5. The number of hydrogen-bond donors (Lipinski definition) is 2. The Balaban J connectivity index is 1.39. The number of halogens is 1. The summed E-state index contributed by atoms with van der Waals surface area (Å²) in [4.78, 5) is 31.1. The highest BCUT2D eigenvalue weighted by atomic mass is 19.1. The van der Waals surface area contributed by atoms with E-state index in [1.165, 1.54) is 6.07 Å². The van der Waals surface area contributed by atoms with Gasteiger partial charge in [-0.25, -0.2) is 18.9 Å². The molecule has 10 nitrogen and oxygen atoms in total. The Morgan fingerprint density at radius 2 is 1.93 bits per heavy atom. The second-order valence-electron chi connectivity index (χ2n) is 10.8. The predicted octanol–water partition coefficient (Wildman–Crippen LogP) is 3.88. The van der Waals surface area contributed by atoms with E-state index in [-0.39, 0.29) is 36.3 Å². The third kappa shape index (κ3) is 3.77. The fourth-order valence-electron chi connectivity index (χ4n) is 5.95. The second-order valence-corrected chi connectivity index (χ2v) is 10.8. The second kappa shape index (κ2) is 9.31. The summed E-state index contributed by atoms with van der Waals surface area (Å²) in [6.45, 7) is 3.67. The first kappa shape index (κ1) is 26.0. The number of carbonyl (C=O) groups is 1. The Labute approximate surface area is 239 Å². The molecule has 2 N–H and O–H groups in total. The molecule has 42 heavy (non-hydrogen) atoms. The van der Waals surface area contributed by atoms with Crippen LogP contribution in [-0.2, 0) is 34.8 Å². The van der Waals surface area contributed by atoms with Gasteiger partial charge in [0.15, 0.2) is 5.60 Å². The number of nitrogens with zero attached hydrogens (tertiary/aromatic N) is 5. The van der Waals surface area contributed by atoms with Crippen LogP contribution in [-0.4, -0.2) is 42.7 Å². The van der Waals surface area contributed by atoms with E-state index in [1.54, 1.807) is 35.2 Å². The number of benzene rings is 2. The van der Waals surface area contributed by atoms with Gasteiger partial charge in [0.25, 0.3) is 5.56 Å². The minimum Gasteiger partial charge on any atom is -0.458 e. The summed E-state index contributed by atoms with van der Waals surface area (Å²) < 4.78 is 23.3. The van der Waals surface area contributed by atoms with E-state index in [0.29, 0.717) is 34.7 Å². The van der Waals surface area contributed by atoms with Crippen molar-refractivity contribution in [3.63, 3.8) is 0 Å². The number of hydrogen-bond acceptors (Lipinski definition) is 8. The monoisotopic (exact) mass is 566 g/mol. The van der Waals surface area contributed by atoms with E-state index in [9.17, 15) is 19.1 Å². The molecule has 7 rings (SSSR count). The van der Waals surface area contributed by atoms with E-state index in [2.05, 4.69) is 15.6 Å². The lowest BCUT2D eigenvalue weighted by Gasteiger charge is -2.31. The summed E-state index contributed by atoms with van der Waals surface area (Å²) >= 11 is 0. The average Bonchev–Trinajstić information content (AvgIpc) is 3.61. The number of carbonyl (C=O) groups excluding carboxylic acids is 1. The molecule has 3 aromatic heterocycles. The van der Waals surface area contributed by atoms with Crippen molar-refractivity contribution in [1.82, 2.24) is 24.5 Å². The van der Waals surface area contributed by atoms with Crippen LogP contribution in [0.3, 0.4) is 0 Å². The number of aliphatic hydroxyl groups is 1. The molecule has 2 aliphatic rings. The highest BCUT2D eigenvalue weighted by molar-refractivity contribution is 5.89. The maximum Gasteiger partial charge on any atom is 0.343 e. The molecular formula is C31H27FN6O4. The number of ether oxygens (including phenoxy) is 1. The van der Waals surface area contributed by atoms with Gasteiger partial charge in [-0.1, -0.05) is 24.3 Å². The summed E-state index contributed by atoms with van der Waals surface area (Å²) in [6.07, 6.45) is 1.89. The highest BCUT2D eigenvalue weighted by Gasteiger charge is 2.45. The Kier molecular flexibility index (Phi) is 5.77. The molecule has 0 radical (unpaired) electrons. The topological polar surface area (TPSA) is 124 Å². The zero-order valence-corrected chi connectivity index (χ0v) is 23.2. The van der Waals surface area contributed by atoms with Crippen molar-refractivity contribution >= 4 is 22.6 Å². The Hall–Kier alpha value is -4.90. The van der Waals surface area contributed by atoms with Crippen molar-refractivity contribution < 1.29 is 19.0 Å². The van der Waals surface area contributed by atoms with Gasteiger partial charge in [-0.05, 0) is 48.7 Å². The number of aromatic nitrogens is 5. The van der Waals surface area contributed by atoms with Gasteiger partial charge in [-0.3, -0.25) is 4.79 Å². The molecule has 0 fully saturated rings. The molecule has 5 heterocycles. The molecule has 5 aromatic rings. The number of pyridine rings is 2. The third-order valence-electron chi connectivity index (χ3n) is 8.41. The average molecular weight is 567 g/mol. The van der Waals surface area contributed by atoms with Gasteiger partial charge in [-0.2, -0.15) is 0 Å². The number of cyclic esters (lactones) is 1. The van der Waals surface area contributed by atoms with Gasteiger partial charge < -0.3 is 19.7 Å². The zero-order chi connectivity index (χ0) is 29.3. The largest absolute Gasteiger partial charge is 0.458 e. The van der Waals surface area contributed by atoms with Crippen LogP contribution < -0.4 is 10.9 Å². The maximum atomic E-state index is 14.8. The zero-order valence-electron chi connectivity index (χ0n) is 23.2. The van der Waals surface area contributed by atoms with E-state index in [0.717, 1.165) is 27.8 Å². The van der Waals surface area contributed by atoms with Crippen LogP contribution in [0.15, 0.2) is 53.5 Å². The Bertz CT molecular complexity index is 2000. The molecule has 0 saturated heterocycles. The van der Waals surface area contributed by atoms with Crippen LogP contribution in [0.5, 0.6) is 0 Å². The van der Waals surface area contributed by atoms with Gasteiger partial charge in [0, 0.05) is 40.9 Å². The van der Waals surface area contributed by atoms with Crippen LogP contribution in [0.25, 0.3) is 33.5 Å². The maximum absolute atomic E-state index is 14.8. The first-order chi connectivity index (χ1) is 20.2. The lowest BCUT2D eigenvalue weighted by molar-refractivity contribution is -0.172. The molecule has 0 saturated carbocycles. The standard InChI is InChI=1S/C31H27FN6O4/c1-4-31(41)23-10-27-28-21(13-38(27)29(39)22(23)15-42-30(31)40)20(19-9-16(2)24(32)11-25(19)34-28)12-37-14-26(35-36-37)17-5-7-18(33-3)8-6-17/h5-11,14,33,41H,4,12-13,15H2,1-3H3/t31-/m0/s1. The molecule has 0 amide bonds. The third-order valence-corrected chi connectivity index (χ3v) is 8.41. The Morgan fingerprint density at radius 1 is 1.14 bits per heavy atom. The van der Waals surface area contributed by atoms with E-state index >= 15 is 0 Å². The van der Waals surface area contributed by atoms with Crippen molar-refractivity contribution in [3.05, 3.63) is 92.6 Å². The van der Waals surface area contributed by atoms with Gasteiger partial charge in [0.1, 0.15) is 18.1 Å². The smallest absolute Gasteiger partial charge is 0.343 e. The summed E-state index contributed by atoms with van der Waals surface area (Å²) in [5, 5.41) is 23.8. The Morgan fingerprint density at radius 3 is 2.67 bits per heavy atom. The van der Waals surface area contributed by atoms with Gasteiger partial charge in [-0.15, -0.1) is 5.10 Å². The van der Waals surface area contributed by atoms with Crippen molar-refractivity contribution in [2.75, 3.05) is 12.4 Å². The first-order valence-corrected chi connectivity index (χ1v) is 13.7. The normalized spacial score (nSPS) is 17.1. The fourth-order valence-corrected chi connectivity index (χ4v) is 5.95. The summed E-state index contributed by atoms with van der Waals surface area (Å²) in [5.74, 6) is -1.18. The highest BCUT2D eigenvalue weighted by Crippen LogP contribution is 2.40. The first-order valence-electron chi connectivity index (χ1n) is 13.7.